The van der Waals surface area contributed by atoms with Crippen molar-refractivity contribution in [3.05, 3.63) is 23.8 Å². The minimum Gasteiger partial charge on any atom is -0.507 e. The summed E-state index contributed by atoms with van der Waals surface area (Å²) in [4.78, 5) is 0. The van der Waals surface area contributed by atoms with Gasteiger partial charge in [-0.1, -0.05) is 0 Å². The maximum absolute atomic E-state index is 12.1. The molecule has 0 aliphatic heterocycles. The molecule has 0 aliphatic carbocycles. The van der Waals surface area contributed by atoms with Crippen LogP contribution in [0.1, 0.15) is 5.56 Å². The van der Waals surface area contributed by atoms with Gasteiger partial charge in [0.25, 0.3) is 0 Å². The quantitative estimate of drug-likeness (QED) is 0.788. The first-order chi connectivity index (χ1) is 6.80. The second-order valence-electron chi connectivity index (χ2n) is 2.56. The van der Waals surface area contributed by atoms with E-state index in [0.717, 1.165) is 0 Å². The molecule has 2 nitrogen and oxygen atoms in total. The highest BCUT2D eigenvalue weighted by Gasteiger charge is 2.33. The number of rotatable bonds is 2. The predicted molar refractivity (Wildman–Crippen MR) is 39.7 cm³/mol. The lowest BCUT2D eigenvalue weighted by molar-refractivity contribution is -0.138. The van der Waals surface area contributed by atoms with Gasteiger partial charge in [0, 0.05) is 6.07 Å². The van der Waals surface area contributed by atoms with Gasteiger partial charge in [0.2, 0.25) is 0 Å². The molecular weight excluding hydrogens is 223 g/mol. The SMILES string of the molecule is Oc1cc(OC(F)F)ccc1C(F)(F)F. The Bertz CT molecular complexity index is 347. The van der Waals surface area contributed by atoms with Crippen LogP contribution in [0, 0.1) is 0 Å². The maximum Gasteiger partial charge on any atom is 0.419 e. The number of alkyl halides is 5. The van der Waals surface area contributed by atoms with Crippen LogP contribution >= 0.6 is 0 Å². The molecule has 0 aromatic heterocycles. The van der Waals surface area contributed by atoms with Gasteiger partial charge < -0.3 is 9.84 Å². The molecule has 0 saturated carbocycles. The van der Waals surface area contributed by atoms with Crippen molar-refractivity contribution in [2.75, 3.05) is 0 Å². The van der Waals surface area contributed by atoms with E-state index in [1.807, 2.05) is 0 Å². The second kappa shape index (κ2) is 3.92. The fourth-order valence-electron chi connectivity index (χ4n) is 0.927. The third kappa shape index (κ3) is 2.97. The van der Waals surface area contributed by atoms with Crippen molar-refractivity contribution < 1.29 is 31.8 Å². The van der Waals surface area contributed by atoms with Crippen molar-refractivity contribution in [2.24, 2.45) is 0 Å². The first kappa shape index (κ1) is 11.5. The molecule has 7 heteroatoms. The number of phenols is 1. The third-order valence-corrected chi connectivity index (χ3v) is 1.50. The van der Waals surface area contributed by atoms with E-state index in [2.05, 4.69) is 4.74 Å². The number of benzene rings is 1. The van der Waals surface area contributed by atoms with E-state index < -0.39 is 29.9 Å². The standard InChI is InChI=1S/C8H5F5O2/c9-7(10)15-4-1-2-5(6(14)3-4)8(11,12)13/h1-3,7,14H. The Balaban J connectivity index is 2.99. The third-order valence-electron chi connectivity index (χ3n) is 1.50. The molecule has 15 heavy (non-hydrogen) atoms. The molecule has 1 aromatic rings. The summed E-state index contributed by atoms with van der Waals surface area (Å²) in [6.07, 6.45) is -4.73. The maximum atomic E-state index is 12.1. The smallest absolute Gasteiger partial charge is 0.419 e. The molecule has 0 saturated heterocycles. The molecule has 0 amide bonds. The average Bonchev–Trinajstić information content (AvgIpc) is 1.99. The summed E-state index contributed by atoms with van der Waals surface area (Å²) in [5, 5.41) is 8.89. The highest BCUT2D eigenvalue weighted by atomic mass is 19.4. The van der Waals surface area contributed by atoms with Crippen LogP contribution in [0.3, 0.4) is 0 Å². The Morgan fingerprint density at radius 3 is 2.20 bits per heavy atom. The first-order valence-corrected chi connectivity index (χ1v) is 3.65. The number of phenolic OH excluding ortho intramolecular Hbond substituents is 1. The molecule has 1 rings (SSSR count). The summed E-state index contributed by atoms with van der Waals surface area (Å²) >= 11 is 0. The lowest BCUT2D eigenvalue weighted by Gasteiger charge is -2.10. The number of ether oxygens (including phenoxy) is 1. The second-order valence-corrected chi connectivity index (χ2v) is 2.56. The van der Waals surface area contributed by atoms with Crippen LogP contribution in [-0.4, -0.2) is 11.7 Å². The van der Waals surface area contributed by atoms with E-state index in [4.69, 9.17) is 5.11 Å². The fraction of sp³-hybridized carbons (Fsp3) is 0.250. The number of hydrogen-bond donors (Lipinski definition) is 1. The van der Waals surface area contributed by atoms with E-state index in [-0.39, 0.29) is 0 Å². The van der Waals surface area contributed by atoms with Gasteiger partial charge in [-0.15, -0.1) is 0 Å². The Morgan fingerprint density at radius 1 is 1.20 bits per heavy atom. The molecule has 0 spiro atoms. The number of hydrogen-bond acceptors (Lipinski definition) is 2. The first-order valence-electron chi connectivity index (χ1n) is 3.65. The zero-order valence-corrected chi connectivity index (χ0v) is 7.05. The monoisotopic (exact) mass is 228 g/mol. The predicted octanol–water partition coefficient (Wildman–Crippen LogP) is 3.01. The number of halogens is 5. The summed E-state index contributed by atoms with van der Waals surface area (Å²) in [5.74, 6) is -1.68. The van der Waals surface area contributed by atoms with Crippen LogP contribution in [0.2, 0.25) is 0 Å². The van der Waals surface area contributed by atoms with Crippen LogP contribution in [0.4, 0.5) is 22.0 Å². The van der Waals surface area contributed by atoms with Crippen molar-refractivity contribution in [3.8, 4) is 11.5 Å². The van der Waals surface area contributed by atoms with Crippen molar-refractivity contribution >= 4 is 0 Å². The molecule has 0 fully saturated rings. The summed E-state index contributed by atoms with van der Waals surface area (Å²) in [6, 6.07) is 1.65. The Kier molecular flexibility index (Phi) is 3.01. The number of aromatic hydroxyl groups is 1. The molecule has 1 N–H and O–H groups in total. The van der Waals surface area contributed by atoms with Gasteiger partial charge >= 0.3 is 12.8 Å². The fourth-order valence-corrected chi connectivity index (χ4v) is 0.927. The van der Waals surface area contributed by atoms with Gasteiger partial charge in [0.05, 0.1) is 5.56 Å². The van der Waals surface area contributed by atoms with Crippen LogP contribution in [0.15, 0.2) is 18.2 Å². The lowest BCUT2D eigenvalue weighted by Crippen LogP contribution is -2.06. The highest BCUT2D eigenvalue weighted by molar-refractivity contribution is 5.41. The van der Waals surface area contributed by atoms with E-state index in [1.165, 1.54) is 0 Å². The van der Waals surface area contributed by atoms with E-state index >= 15 is 0 Å². The minimum absolute atomic E-state index is 0.465. The molecule has 0 unspecified atom stereocenters. The average molecular weight is 228 g/mol. The highest BCUT2D eigenvalue weighted by Crippen LogP contribution is 2.37. The summed E-state index contributed by atoms with van der Waals surface area (Å²) in [6.45, 7) is -3.15. The van der Waals surface area contributed by atoms with Crippen LogP contribution in [0.25, 0.3) is 0 Å². The largest absolute Gasteiger partial charge is 0.507 e. The van der Waals surface area contributed by atoms with Gasteiger partial charge in [-0.25, -0.2) is 0 Å². The Hall–Kier alpha value is -1.53. The van der Waals surface area contributed by atoms with Crippen LogP contribution < -0.4 is 4.74 Å². The van der Waals surface area contributed by atoms with Gasteiger partial charge in [-0.3, -0.25) is 0 Å². The summed E-state index contributed by atoms with van der Waals surface area (Å²) < 4.78 is 63.4. The lowest BCUT2D eigenvalue weighted by atomic mass is 10.2. The van der Waals surface area contributed by atoms with Crippen LogP contribution in [-0.2, 0) is 6.18 Å². The van der Waals surface area contributed by atoms with E-state index in [9.17, 15) is 22.0 Å². The molecule has 0 bridgehead atoms. The summed E-state index contributed by atoms with van der Waals surface area (Å²) in [5.41, 5.74) is -1.30. The van der Waals surface area contributed by atoms with Gasteiger partial charge in [0.1, 0.15) is 11.5 Å². The van der Waals surface area contributed by atoms with Crippen molar-refractivity contribution in [2.45, 2.75) is 12.8 Å². The van der Waals surface area contributed by atoms with E-state index in [1.54, 1.807) is 0 Å². The normalized spacial score (nSPS) is 11.9. The van der Waals surface area contributed by atoms with Crippen molar-refractivity contribution in [1.29, 1.82) is 0 Å². The zero-order valence-electron chi connectivity index (χ0n) is 7.05. The topological polar surface area (TPSA) is 29.5 Å². The van der Waals surface area contributed by atoms with Gasteiger partial charge in [-0.2, -0.15) is 22.0 Å². The van der Waals surface area contributed by atoms with Crippen molar-refractivity contribution in [1.82, 2.24) is 0 Å². The van der Waals surface area contributed by atoms with Crippen molar-refractivity contribution in [3.63, 3.8) is 0 Å². The van der Waals surface area contributed by atoms with Gasteiger partial charge in [0.15, 0.2) is 0 Å². The Labute approximate surface area is 80.9 Å². The summed E-state index contributed by atoms with van der Waals surface area (Å²) in [7, 11) is 0. The van der Waals surface area contributed by atoms with E-state index in [0.29, 0.717) is 18.2 Å². The molecule has 0 heterocycles. The van der Waals surface area contributed by atoms with Gasteiger partial charge in [-0.05, 0) is 12.1 Å². The minimum atomic E-state index is -4.73. The molecule has 84 valence electrons. The molecule has 0 aliphatic rings. The molecular formula is C8H5F5O2. The zero-order chi connectivity index (χ0) is 11.6. The molecule has 0 radical (unpaired) electrons. The Morgan fingerprint density at radius 2 is 1.80 bits per heavy atom. The molecule has 1 aromatic carbocycles. The van der Waals surface area contributed by atoms with Crippen LogP contribution in [0.5, 0.6) is 11.5 Å². The molecule has 0 atom stereocenters.